The largest absolute Gasteiger partial charge is 0.348 e. The van der Waals surface area contributed by atoms with Crippen LogP contribution in [0.3, 0.4) is 0 Å². The topological polar surface area (TPSA) is 17.8 Å². The zero-order chi connectivity index (χ0) is 8.72. The molecule has 2 rings (SSSR count). The van der Waals surface area contributed by atoms with E-state index in [0.29, 0.717) is 0 Å². The Morgan fingerprint density at radius 3 is 3.00 bits per heavy atom. The molecule has 0 fully saturated rings. The fraction of sp³-hybridized carbons (Fsp3) is 0.222. The lowest BCUT2D eigenvalue weighted by Crippen LogP contribution is -1.88. The third-order valence-electron chi connectivity index (χ3n) is 1.91. The van der Waals surface area contributed by atoms with Crippen molar-refractivity contribution < 1.29 is 0 Å². The predicted molar refractivity (Wildman–Crippen MR) is 53.2 cm³/mol. The SMILES string of the molecule is Cc1cc(Br)c2c(ccn2C)n1. The van der Waals surface area contributed by atoms with Crippen molar-refractivity contribution in [1.29, 1.82) is 0 Å². The molecule has 2 aromatic heterocycles. The highest BCUT2D eigenvalue weighted by atomic mass is 79.9. The number of fused-ring (bicyclic) bond motifs is 1. The second-order valence-electron chi connectivity index (χ2n) is 2.91. The highest BCUT2D eigenvalue weighted by molar-refractivity contribution is 9.10. The lowest BCUT2D eigenvalue weighted by molar-refractivity contribution is 0.965. The minimum Gasteiger partial charge on any atom is -0.348 e. The molecule has 0 aromatic carbocycles. The smallest absolute Gasteiger partial charge is 0.0895 e. The van der Waals surface area contributed by atoms with Crippen LogP contribution in [0, 0.1) is 6.92 Å². The quantitative estimate of drug-likeness (QED) is 0.673. The third-order valence-corrected chi connectivity index (χ3v) is 2.51. The Morgan fingerprint density at radius 2 is 2.25 bits per heavy atom. The van der Waals surface area contributed by atoms with Crippen molar-refractivity contribution in [3.05, 3.63) is 28.5 Å². The molecule has 0 unspecified atom stereocenters. The molecule has 0 aliphatic heterocycles. The maximum Gasteiger partial charge on any atom is 0.0895 e. The molecule has 3 heteroatoms. The van der Waals surface area contributed by atoms with E-state index in [1.807, 2.05) is 32.3 Å². The zero-order valence-corrected chi connectivity index (χ0v) is 8.59. The molecular formula is C9H9BrN2. The number of aryl methyl sites for hydroxylation is 2. The zero-order valence-electron chi connectivity index (χ0n) is 7.00. The van der Waals surface area contributed by atoms with E-state index in [2.05, 4.69) is 25.5 Å². The van der Waals surface area contributed by atoms with Gasteiger partial charge in [-0.1, -0.05) is 0 Å². The van der Waals surface area contributed by atoms with Gasteiger partial charge in [-0.15, -0.1) is 0 Å². The van der Waals surface area contributed by atoms with Gasteiger partial charge >= 0.3 is 0 Å². The summed E-state index contributed by atoms with van der Waals surface area (Å²) in [7, 11) is 2.02. The number of pyridine rings is 1. The van der Waals surface area contributed by atoms with Gasteiger partial charge in [-0.2, -0.15) is 0 Å². The first-order valence-electron chi connectivity index (χ1n) is 3.76. The Balaban J connectivity index is 2.93. The van der Waals surface area contributed by atoms with E-state index in [4.69, 9.17) is 0 Å². The van der Waals surface area contributed by atoms with Crippen molar-refractivity contribution in [3.8, 4) is 0 Å². The number of rotatable bonds is 0. The molecule has 62 valence electrons. The average Bonchev–Trinajstić information content (AvgIpc) is 2.31. The van der Waals surface area contributed by atoms with Crippen LogP contribution in [0.25, 0.3) is 11.0 Å². The summed E-state index contributed by atoms with van der Waals surface area (Å²) < 4.78 is 3.17. The number of nitrogens with zero attached hydrogens (tertiary/aromatic N) is 2. The summed E-state index contributed by atoms with van der Waals surface area (Å²) in [5.74, 6) is 0. The van der Waals surface area contributed by atoms with Crippen LogP contribution < -0.4 is 0 Å². The van der Waals surface area contributed by atoms with Crippen LogP contribution in [0.15, 0.2) is 22.8 Å². The normalized spacial score (nSPS) is 10.9. The second-order valence-corrected chi connectivity index (χ2v) is 3.76. The second kappa shape index (κ2) is 2.59. The molecule has 0 bridgehead atoms. The van der Waals surface area contributed by atoms with Crippen LogP contribution in [0.4, 0.5) is 0 Å². The Kier molecular flexibility index (Phi) is 1.68. The summed E-state index contributed by atoms with van der Waals surface area (Å²) in [5.41, 5.74) is 3.24. The fourth-order valence-electron chi connectivity index (χ4n) is 1.37. The van der Waals surface area contributed by atoms with Crippen molar-refractivity contribution in [2.45, 2.75) is 6.92 Å². The molecule has 2 heterocycles. The molecule has 0 spiro atoms. The fourth-order valence-corrected chi connectivity index (χ4v) is 2.19. The van der Waals surface area contributed by atoms with Crippen LogP contribution in [0.5, 0.6) is 0 Å². The first kappa shape index (κ1) is 7.80. The Bertz CT molecular complexity index is 431. The van der Waals surface area contributed by atoms with Gasteiger partial charge < -0.3 is 4.57 Å². The summed E-state index contributed by atoms with van der Waals surface area (Å²) in [6.45, 7) is 2.00. The molecule has 0 N–H and O–H groups in total. The number of aromatic nitrogens is 2. The monoisotopic (exact) mass is 224 g/mol. The molecular weight excluding hydrogens is 216 g/mol. The molecule has 0 aliphatic rings. The van der Waals surface area contributed by atoms with Crippen LogP contribution in [0.2, 0.25) is 0 Å². The summed E-state index contributed by atoms with van der Waals surface area (Å²) in [6, 6.07) is 4.05. The number of hydrogen-bond acceptors (Lipinski definition) is 1. The van der Waals surface area contributed by atoms with Crippen molar-refractivity contribution in [3.63, 3.8) is 0 Å². The van der Waals surface area contributed by atoms with Crippen molar-refractivity contribution in [2.24, 2.45) is 7.05 Å². The van der Waals surface area contributed by atoms with Crippen LogP contribution in [-0.4, -0.2) is 9.55 Å². The lowest BCUT2D eigenvalue weighted by Gasteiger charge is -1.99. The first-order valence-corrected chi connectivity index (χ1v) is 4.56. The highest BCUT2D eigenvalue weighted by Crippen LogP contribution is 2.23. The minimum absolute atomic E-state index is 1.04. The summed E-state index contributed by atoms with van der Waals surface area (Å²) in [4.78, 5) is 4.41. The minimum atomic E-state index is 1.04. The van der Waals surface area contributed by atoms with Gasteiger partial charge in [-0.3, -0.25) is 4.98 Å². The van der Waals surface area contributed by atoms with Gasteiger partial charge in [-0.05, 0) is 35.0 Å². The van der Waals surface area contributed by atoms with Gasteiger partial charge in [0, 0.05) is 23.4 Å². The van der Waals surface area contributed by atoms with Gasteiger partial charge in [-0.25, -0.2) is 0 Å². The van der Waals surface area contributed by atoms with Crippen molar-refractivity contribution >= 4 is 27.0 Å². The maximum absolute atomic E-state index is 4.41. The Hall–Kier alpha value is -0.830. The van der Waals surface area contributed by atoms with Gasteiger partial charge in [0.1, 0.15) is 0 Å². The van der Waals surface area contributed by atoms with E-state index in [0.717, 1.165) is 21.2 Å². The van der Waals surface area contributed by atoms with Crippen LogP contribution in [-0.2, 0) is 7.05 Å². The van der Waals surface area contributed by atoms with Crippen LogP contribution >= 0.6 is 15.9 Å². The van der Waals surface area contributed by atoms with Gasteiger partial charge in [0.15, 0.2) is 0 Å². The highest BCUT2D eigenvalue weighted by Gasteiger charge is 2.03. The number of hydrogen-bond donors (Lipinski definition) is 0. The average molecular weight is 225 g/mol. The molecule has 0 aliphatic carbocycles. The summed E-state index contributed by atoms with van der Waals surface area (Å²) in [5, 5.41) is 0. The maximum atomic E-state index is 4.41. The standard InChI is InChI=1S/C9H9BrN2/c1-6-5-7(10)9-8(11-6)3-4-12(9)2/h3-5H,1-2H3. The van der Waals surface area contributed by atoms with Gasteiger partial charge in [0.25, 0.3) is 0 Å². The van der Waals surface area contributed by atoms with Crippen LogP contribution in [0.1, 0.15) is 5.69 Å². The molecule has 0 saturated carbocycles. The molecule has 0 saturated heterocycles. The molecule has 12 heavy (non-hydrogen) atoms. The molecule has 0 radical (unpaired) electrons. The molecule has 2 aromatic rings. The van der Waals surface area contributed by atoms with E-state index in [1.165, 1.54) is 0 Å². The van der Waals surface area contributed by atoms with E-state index >= 15 is 0 Å². The predicted octanol–water partition coefficient (Wildman–Crippen LogP) is 2.64. The van der Waals surface area contributed by atoms with Crippen molar-refractivity contribution in [1.82, 2.24) is 9.55 Å². The van der Waals surface area contributed by atoms with E-state index in [-0.39, 0.29) is 0 Å². The Labute approximate surface area is 79.3 Å². The Morgan fingerprint density at radius 1 is 1.50 bits per heavy atom. The number of halogens is 1. The van der Waals surface area contributed by atoms with E-state index in [1.54, 1.807) is 0 Å². The first-order chi connectivity index (χ1) is 5.68. The third kappa shape index (κ3) is 1.05. The summed E-state index contributed by atoms with van der Waals surface area (Å²) in [6.07, 6.45) is 2.02. The molecule has 0 amide bonds. The lowest BCUT2D eigenvalue weighted by atomic mass is 10.3. The van der Waals surface area contributed by atoms with E-state index in [9.17, 15) is 0 Å². The van der Waals surface area contributed by atoms with Gasteiger partial charge in [0.2, 0.25) is 0 Å². The molecule has 2 nitrogen and oxygen atoms in total. The molecule has 0 atom stereocenters. The van der Waals surface area contributed by atoms with E-state index < -0.39 is 0 Å². The summed E-state index contributed by atoms with van der Waals surface area (Å²) >= 11 is 3.52. The van der Waals surface area contributed by atoms with Gasteiger partial charge in [0.05, 0.1) is 11.0 Å². The van der Waals surface area contributed by atoms with Crippen molar-refractivity contribution in [2.75, 3.05) is 0 Å².